The van der Waals surface area contributed by atoms with Gasteiger partial charge in [-0.2, -0.15) is 0 Å². The third-order valence-corrected chi connectivity index (χ3v) is 6.29. The quantitative estimate of drug-likeness (QED) is 0.772. The normalized spacial score (nSPS) is 14.2. The predicted octanol–water partition coefficient (Wildman–Crippen LogP) is 2.03. The van der Waals surface area contributed by atoms with Crippen LogP contribution in [0.15, 0.2) is 0 Å². The van der Waals surface area contributed by atoms with Crippen molar-refractivity contribution in [3.63, 3.8) is 0 Å². The molecule has 1 heterocycles. The van der Waals surface area contributed by atoms with Gasteiger partial charge in [0, 0.05) is 19.0 Å². The van der Waals surface area contributed by atoms with Gasteiger partial charge in [0.25, 0.3) is 0 Å². The van der Waals surface area contributed by atoms with Gasteiger partial charge in [0.15, 0.2) is 0 Å². The first-order chi connectivity index (χ1) is 9.15. The third-order valence-electron chi connectivity index (χ3n) is 3.47. The number of thiazole rings is 1. The molecular weight excluding hydrogens is 294 g/mol. The summed E-state index contributed by atoms with van der Waals surface area (Å²) in [6, 6.07) is 0.210. The summed E-state index contributed by atoms with van der Waals surface area (Å²) in [5, 5.41) is 1.08. The molecule has 0 aliphatic rings. The van der Waals surface area contributed by atoms with Gasteiger partial charge in [-0.15, -0.1) is 11.3 Å². The first kappa shape index (κ1) is 17.6. The topological polar surface area (TPSA) is 53.5 Å². The molecule has 116 valence electrons. The molecule has 0 aliphatic carbocycles. The molecule has 0 radical (unpaired) electrons. The van der Waals surface area contributed by atoms with Crippen LogP contribution in [-0.4, -0.2) is 56.0 Å². The SMILES string of the molecule is Cc1nc([C@@H](C)N(C)CCCS(=O)(=O)N(C)C)c(C)s1. The minimum Gasteiger partial charge on any atom is -0.298 e. The summed E-state index contributed by atoms with van der Waals surface area (Å²) in [7, 11) is 2.06. The van der Waals surface area contributed by atoms with Crippen LogP contribution in [0, 0.1) is 13.8 Å². The Morgan fingerprint density at radius 2 is 1.85 bits per heavy atom. The maximum absolute atomic E-state index is 11.7. The zero-order valence-corrected chi connectivity index (χ0v) is 14.8. The fourth-order valence-electron chi connectivity index (χ4n) is 2.01. The Kier molecular flexibility index (Phi) is 6.12. The van der Waals surface area contributed by atoms with E-state index >= 15 is 0 Å². The van der Waals surface area contributed by atoms with Crippen molar-refractivity contribution < 1.29 is 8.42 Å². The lowest BCUT2D eigenvalue weighted by atomic mass is 10.2. The summed E-state index contributed by atoms with van der Waals surface area (Å²) in [6.07, 6.45) is 0.628. The largest absolute Gasteiger partial charge is 0.298 e. The third kappa shape index (κ3) is 4.51. The summed E-state index contributed by atoms with van der Waals surface area (Å²) in [6.45, 7) is 6.95. The van der Waals surface area contributed by atoms with Gasteiger partial charge in [0.1, 0.15) is 0 Å². The van der Waals surface area contributed by atoms with Crippen molar-refractivity contribution in [2.24, 2.45) is 0 Å². The molecule has 0 aromatic carbocycles. The number of hydrogen-bond acceptors (Lipinski definition) is 5. The molecule has 0 unspecified atom stereocenters. The summed E-state index contributed by atoms with van der Waals surface area (Å²) < 4.78 is 24.7. The van der Waals surface area contributed by atoms with Gasteiger partial charge in [-0.1, -0.05) is 0 Å². The maximum atomic E-state index is 11.7. The second kappa shape index (κ2) is 6.98. The van der Waals surface area contributed by atoms with Crippen LogP contribution in [0.4, 0.5) is 0 Å². The summed E-state index contributed by atoms with van der Waals surface area (Å²) in [5.41, 5.74) is 1.10. The predicted molar refractivity (Wildman–Crippen MR) is 84.7 cm³/mol. The lowest BCUT2D eigenvalue weighted by Crippen LogP contribution is -2.29. The van der Waals surface area contributed by atoms with Gasteiger partial charge in [-0.05, 0) is 40.8 Å². The van der Waals surface area contributed by atoms with Crippen LogP contribution in [0.1, 0.15) is 35.0 Å². The Morgan fingerprint density at radius 1 is 1.25 bits per heavy atom. The van der Waals surface area contributed by atoms with Gasteiger partial charge < -0.3 is 0 Å². The maximum Gasteiger partial charge on any atom is 0.213 e. The number of rotatable bonds is 7. The van der Waals surface area contributed by atoms with Crippen molar-refractivity contribution in [3.05, 3.63) is 15.6 Å². The molecule has 20 heavy (non-hydrogen) atoms. The number of hydrogen-bond donors (Lipinski definition) is 0. The first-order valence-corrected chi connectivity index (χ1v) is 9.12. The minimum atomic E-state index is -3.10. The number of aryl methyl sites for hydroxylation is 2. The van der Waals surface area contributed by atoms with Crippen LogP contribution in [0.3, 0.4) is 0 Å². The molecule has 0 amide bonds. The average molecular weight is 319 g/mol. The molecule has 5 nitrogen and oxygen atoms in total. The zero-order valence-electron chi connectivity index (χ0n) is 13.2. The van der Waals surface area contributed by atoms with E-state index in [1.807, 2.05) is 14.0 Å². The molecule has 0 saturated carbocycles. The fraction of sp³-hybridized carbons (Fsp3) is 0.769. The van der Waals surface area contributed by atoms with E-state index in [4.69, 9.17) is 0 Å². The Morgan fingerprint density at radius 3 is 2.30 bits per heavy atom. The summed E-state index contributed by atoms with van der Waals surface area (Å²) >= 11 is 1.71. The first-order valence-electron chi connectivity index (χ1n) is 6.69. The van der Waals surface area contributed by atoms with Crippen LogP contribution < -0.4 is 0 Å². The van der Waals surface area contributed by atoms with E-state index in [-0.39, 0.29) is 11.8 Å². The van der Waals surface area contributed by atoms with Gasteiger partial charge >= 0.3 is 0 Å². The Bertz CT molecular complexity index is 538. The Balaban J connectivity index is 2.55. The standard InChI is InChI=1S/C13H25N3O2S2/c1-10(13-11(2)19-12(3)14-13)16(6)8-7-9-20(17,18)15(4)5/h10H,7-9H2,1-6H3/t10-/m1/s1. The Hall–Kier alpha value is -0.500. The monoisotopic (exact) mass is 319 g/mol. The number of nitrogens with zero attached hydrogens (tertiary/aromatic N) is 3. The number of aromatic nitrogens is 1. The van der Waals surface area contributed by atoms with E-state index in [0.29, 0.717) is 6.42 Å². The van der Waals surface area contributed by atoms with Crippen LogP contribution in [-0.2, 0) is 10.0 Å². The molecule has 7 heteroatoms. The summed E-state index contributed by atoms with van der Waals surface area (Å²) in [4.78, 5) is 7.96. The van der Waals surface area contributed by atoms with Gasteiger partial charge in [-0.25, -0.2) is 17.7 Å². The van der Waals surface area contributed by atoms with Crippen LogP contribution in [0.5, 0.6) is 0 Å². The molecule has 0 aliphatic heterocycles. The smallest absolute Gasteiger partial charge is 0.213 e. The Labute approximate surface area is 126 Å². The van der Waals surface area contributed by atoms with Crippen LogP contribution >= 0.6 is 11.3 Å². The highest BCUT2D eigenvalue weighted by molar-refractivity contribution is 7.89. The molecule has 0 bridgehead atoms. The lowest BCUT2D eigenvalue weighted by molar-refractivity contribution is 0.257. The van der Waals surface area contributed by atoms with Crippen LogP contribution in [0.25, 0.3) is 0 Å². The fourth-order valence-corrected chi connectivity index (χ4v) is 3.78. The van der Waals surface area contributed by atoms with Gasteiger partial charge in [0.05, 0.1) is 22.5 Å². The second-order valence-corrected chi connectivity index (χ2v) is 8.99. The second-order valence-electron chi connectivity index (χ2n) is 5.28. The van der Waals surface area contributed by atoms with E-state index in [0.717, 1.165) is 17.2 Å². The van der Waals surface area contributed by atoms with Gasteiger partial charge in [0.2, 0.25) is 10.0 Å². The van der Waals surface area contributed by atoms with Crippen LogP contribution in [0.2, 0.25) is 0 Å². The van der Waals surface area contributed by atoms with Crippen molar-refractivity contribution in [1.82, 2.24) is 14.2 Å². The van der Waals surface area contributed by atoms with Gasteiger partial charge in [-0.3, -0.25) is 4.90 Å². The van der Waals surface area contributed by atoms with Crippen molar-refractivity contribution in [1.29, 1.82) is 0 Å². The molecule has 1 aromatic rings. The van der Waals surface area contributed by atoms with E-state index in [1.165, 1.54) is 9.18 Å². The molecular formula is C13H25N3O2S2. The lowest BCUT2D eigenvalue weighted by Gasteiger charge is -2.24. The minimum absolute atomic E-state index is 0.187. The van der Waals surface area contributed by atoms with E-state index < -0.39 is 10.0 Å². The summed E-state index contributed by atoms with van der Waals surface area (Å²) in [5.74, 6) is 0.187. The molecule has 1 atom stereocenters. The highest BCUT2D eigenvalue weighted by Crippen LogP contribution is 2.25. The van der Waals surface area contributed by atoms with E-state index in [9.17, 15) is 8.42 Å². The molecule has 0 saturated heterocycles. The van der Waals surface area contributed by atoms with Crippen molar-refractivity contribution >= 4 is 21.4 Å². The highest BCUT2D eigenvalue weighted by Gasteiger charge is 2.19. The molecule has 1 aromatic heterocycles. The molecule has 0 N–H and O–H groups in total. The molecule has 0 fully saturated rings. The van der Waals surface area contributed by atoms with E-state index in [2.05, 4.69) is 23.7 Å². The molecule has 0 spiro atoms. The van der Waals surface area contributed by atoms with Crippen molar-refractivity contribution in [2.75, 3.05) is 33.4 Å². The highest BCUT2D eigenvalue weighted by atomic mass is 32.2. The van der Waals surface area contributed by atoms with Crippen molar-refractivity contribution in [2.45, 2.75) is 33.2 Å². The zero-order chi connectivity index (χ0) is 15.5. The van der Waals surface area contributed by atoms with E-state index in [1.54, 1.807) is 25.4 Å². The molecule has 1 rings (SSSR count). The van der Waals surface area contributed by atoms with Crippen molar-refractivity contribution in [3.8, 4) is 0 Å². The number of sulfonamides is 1. The average Bonchev–Trinajstić information content (AvgIpc) is 2.66.